The van der Waals surface area contributed by atoms with Gasteiger partial charge in [0.05, 0.1) is 34.0 Å². The molecule has 51 heavy (non-hydrogen) atoms. The first-order chi connectivity index (χ1) is 24.6. The number of nitrogens with zero attached hydrogens (tertiary/aromatic N) is 1. The average molecular weight is 745 g/mol. The molecular formula is C42H83NO7P+. The number of unbranched alkanes of at least 4 members (excludes halogenated alkanes) is 23. The maximum Gasteiger partial charge on any atom is 0.472 e. The van der Waals surface area contributed by atoms with Gasteiger partial charge in [-0.05, 0) is 51.0 Å². The molecule has 0 saturated carbocycles. The van der Waals surface area contributed by atoms with E-state index in [9.17, 15) is 14.3 Å². The molecular weight excluding hydrogens is 661 g/mol. The van der Waals surface area contributed by atoms with Gasteiger partial charge in [-0.1, -0.05) is 148 Å². The van der Waals surface area contributed by atoms with Crippen LogP contribution in [0.2, 0.25) is 0 Å². The SMILES string of the molecule is CCCCCC/C=C\CCCCCCCCCC(=O)OCC(COP(=O)(O)OCC[N+](C)(C)C)O/C=C\CCCCCCCCCCCCCC. The second-order valence-electron chi connectivity index (χ2n) is 15.4. The average Bonchev–Trinajstić information content (AvgIpc) is 3.08. The molecule has 302 valence electrons. The van der Waals surface area contributed by atoms with Crippen molar-refractivity contribution in [1.29, 1.82) is 0 Å². The molecule has 2 unspecified atom stereocenters. The molecule has 0 radical (unpaired) electrons. The van der Waals surface area contributed by atoms with Crippen LogP contribution in [0.4, 0.5) is 0 Å². The number of rotatable bonds is 39. The van der Waals surface area contributed by atoms with E-state index >= 15 is 0 Å². The van der Waals surface area contributed by atoms with E-state index in [1.807, 2.05) is 27.2 Å². The Labute approximate surface area is 315 Å². The molecule has 0 aromatic carbocycles. The number of likely N-dealkylation sites (N-methyl/N-ethyl adjacent to an activating group) is 1. The van der Waals surface area contributed by atoms with Crippen molar-refractivity contribution in [2.45, 2.75) is 193 Å². The standard InChI is InChI=1S/C42H82NO7P/c1-6-8-10-12-14-16-18-20-22-23-25-27-29-31-33-35-42(44)48-39-41(40-50-51(45,46)49-38-36-43(3,4)5)47-37-34-32-30-28-26-24-21-19-17-15-13-11-9-7-2/h16,18,34,37,41H,6-15,17,19-33,35-36,38-40H2,1-5H3/p+1/b18-16-,37-34-. The summed E-state index contributed by atoms with van der Waals surface area (Å²) in [5.41, 5.74) is 0. The van der Waals surface area contributed by atoms with E-state index in [2.05, 4.69) is 26.0 Å². The highest BCUT2D eigenvalue weighted by atomic mass is 31.2. The van der Waals surface area contributed by atoms with Gasteiger partial charge in [-0.2, -0.15) is 0 Å². The molecule has 0 aromatic rings. The van der Waals surface area contributed by atoms with Gasteiger partial charge in [-0.25, -0.2) is 4.57 Å². The normalized spacial score (nSPS) is 14.0. The van der Waals surface area contributed by atoms with Gasteiger partial charge in [0.15, 0.2) is 6.10 Å². The molecule has 0 fully saturated rings. The van der Waals surface area contributed by atoms with Gasteiger partial charge in [0.25, 0.3) is 0 Å². The molecule has 0 amide bonds. The van der Waals surface area contributed by atoms with Crippen LogP contribution in [-0.4, -0.2) is 69.0 Å². The van der Waals surface area contributed by atoms with Gasteiger partial charge in [0.2, 0.25) is 0 Å². The highest BCUT2D eigenvalue weighted by Crippen LogP contribution is 2.43. The molecule has 0 aliphatic rings. The second-order valence-corrected chi connectivity index (χ2v) is 16.9. The van der Waals surface area contributed by atoms with Gasteiger partial charge >= 0.3 is 13.8 Å². The first kappa shape index (κ1) is 49.8. The van der Waals surface area contributed by atoms with Crippen molar-refractivity contribution in [2.75, 3.05) is 47.5 Å². The number of allylic oxidation sites excluding steroid dienone is 3. The molecule has 0 rings (SSSR count). The van der Waals surface area contributed by atoms with Crippen LogP contribution in [-0.2, 0) is 27.9 Å². The van der Waals surface area contributed by atoms with Crippen LogP contribution in [0.1, 0.15) is 187 Å². The van der Waals surface area contributed by atoms with Gasteiger partial charge in [0, 0.05) is 6.42 Å². The van der Waals surface area contributed by atoms with E-state index in [1.54, 1.807) is 6.26 Å². The molecule has 0 bridgehead atoms. The number of carbonyl (C=O) groups is 1. The summed E-state index contributed by atoms with van der Waals surface area (Å²) < 4.78 is 34.7. The number of esters is 1. The Morgan fingerprint density at radius 3 is 1.53 bits per heavy atom. The van der Waals surface area contributed by atoms with Gasteiger partial charge in [0.1, 0.15) is 19.8 Å². The Balaban J connectivity index is 4.29. The van der Waals surface area contributed by atoms with Crippen LogP contribution in [0.5, 0.6) is 0 Å². The molecule has 0 saturated heterocycles. The molecule has 0 aliphatic carbocycles. The highest BCUT2D eigenvalue weighted by molar-refractivity contribution is 7.47. The molecule has 9 heteroatoms. The van der Waals surface area contributed by atoms with Crippen LogP contribution in [0.15, 0.2) is 24.5 Å². The zero-order valence-corrected chi connectivity index (χ0v) is 35.0. The molecule has 2 atom stereocenters. The third kappa shape index (κ3) is 39.9. The second kappa shape index (κ2) is 35.8. The quantitative estimate of drug-likeness (QED) is 0.0167. The lowest BCUT2D eigenvalue weighted by Crippen LogP contribution is -2.37. The van der Waals surface area contributed by atoms with Gasteiger partial charge in [-0.15, -0.1) is 0 Å². The highest BCUT2D eigenvalue weighted by Gasteiger charge is 2.25. The lowest BCUT2D eigenvalue weighted by molar-refractivity contribution is -0.870. The number of hydrogen-bond acceptors (Lipinski definition) is 6. The molecule has 8 nitrogen and oxygen atoms in total. The first-order valence-corrected chi connectivity index (χ1v) is 22.6. The number of quaternary nitrogens is 1. The van der Waals surface area contributed by atoms with E-state index in [4.69, 9.17) is 18.5 Å². The Kier molecular flexibility index (Phi) is 35.0. The molecule has 0 spiro atoms. The Bertz CT molecular complexity index is 874. The summed E-state index contributed by atoms with van der Waals surface area (Å²) in [7, 11) is 1.67. The molecule has 0 aliphatic heterocycles. The fourth-order valence-electron chi connectivity index (χ4n) is 5.71. The number of hydrogen-bond donors (Lipinski definition) is 1. The summed E-state index contributed by atoms with van der Waals surface area (Å²) >= 11 is 0. The Hall–Kier alpha value is -1.18. The summed E-state index contributed by atoms with van der Waals surface area (Å²) in [4.78, 5) is 22.6. The number of ether oxygens (including phenoxy) is 2. The maximum absolute atomic E-state index is 12.5. The van der Waals surface area contributed by atoms with Gasteiger partial charge < -0.3 is 18.9 Å². The Morgan fingerprint density at radius 2 is 1.04 bits per heavy atom. The summed E-state index contributed by atoms with van der Waals surface area (Å²) in [6.07, 6.45) is 40.2. The molecule has 0 heterocycles. The zero-order chi connectivity index (χ0) is 37.7. The van der Waals surface area contributed by atoms with E-state index in [1.165, 1.54) is 135 Å². The number of phosphoric acid groups is 1. The first-order valence-electron chi connectivity index (χ1n) is 21.1. The van der Waals surface area contributed by atoms with Crippen molar-refractivity contribution in [3.8, 4) is 0 Å². The third-order valence-electron chi connectivity index (χ3n) is 9.10. The minimum atomic E-state index is -4.26. The van der Waals surface area contributed by atoms with Crippen molar-refractivity contribution < 1.29 is 37.3 Å². The van der Waals surface area contributed by atoms with E-state index in [-0.39, 0.29) is 25.8 Å². The summed E-state index contributed by atoms with van der Waals surface area (Å²) in [6, 6.07) is 0. The van der Waals surface area contributed by atoms with Crippen LogP contribution in [0.25, 0.3) is 0 Å². The summed E-state index contributed by atoms with van der Waals surface area (Å²) in [6.45, 7) is 4.90. The summed E-state index contributed by atoms with van der Waals surface area (Å²) in [5.74, 6) is -0.281. The predicted octanol–water partition coefficient (Wildman–Crippen LogP) is 12.4. The lowest BCUT2D eigenvalue weighted by atomic mass is 10.0. The van der Waals surface area contributed by atoms with Crippen LogP contribution >= 0.6 is 7.82 Å². The lowest BCUT2D eigenvalue weighted by Gasteiger charge is -2.24. The van der Waals surface area contributed by atoms with E-state index in [0.717, 1.165) is 32.1 Å². The van der Waals surface area contributed by atoms with Crippen molar-refractivity contribution in [3.05, 3.63) is 24.5 Å². The third-order valence-corrected chi connectivity index (χ3v) is 10.1. The van der Waals surface area contributed by atoms with Crippen molar-refractivity contribution in [1.82, 2.24) is 0 Å². The smallest absolute Gasteiger partial charge is 0.472 e. The number of phosphoric ester groups is 1. The van der Waals surface area contributed by atoms with E-state index < -0.39 is 13.9 Å². The van der Waals surface area contributed by atoms with Gasteiger partial charge in [-0.3, -0.25) is 13.8 Å². The fraction of sp³-hybridized carbons (Fsp3) is 0.881. The molecule has 0 aromatic heterocycles. The van der Waals surface area contributed by atoms with Crippen molar-refractivity contribution >= 4 is 13.8 Å². The van der Waals surface area contributed by atoms with Crippen molar-refractivity contribution in [2.24, 2.45) is 0 Å². The number of carbonyl (C=O) groups excluding carboxylic acids is 1. The minimum Gasteiger partial charge on any atom is -0.492 e. The fourth-order valence-corrected chi connectivity index (χ4v) is 6.45. The largest absolute Gasteiger partial charge is 0.492 e. The maximum atomic E-state index is 12.5. The summed E-state index contributed by atoms with van der Waals surface area (Å²) in [5, 5.41) is 0. The van der Waals surface area contributed by atoms with Crippen LogP contribution in [0.3, 0.4) is 0 Å². The predicted molar refractivity (Wildman–Crippen MR) is 215 cm³/mol. The topological polar surface area (TPSA) is 91.3 Å². The molecule has 1 N–H and O–H groups in total. The van der Waals surface area contributed by atoms with Crippen LogP contribution < -0.4 is 0 Å². The minimum absolute atomic E-state index is 0.0478. The monoisotopic (exact) mass is 745 g/mol. The van der Waals surface area contributed by atoms with Crippen LogP contribution in [0, 0.1) is 0 Å². The zero-order valence-electron chi connectivity index (χ0n) is 34.1. The van der Waals surface area contributed by atoms with E-state index in [0.29, 0.717) is 17.4 Å². The Morgan fingerprint density at radius 1 is 0.608 bits per heavy atom. The van der Waals surface area contributed by atoms with Crippen molar-refractivity contribution in [3.63, 3.8) is 0 Å².